The SMILES string of the molecule is Nc1ccc(N2CCN(Cc3cc(C(=O)O)c(=O)n4ccccc34)CC2)cc1. The molecule has 0 saturated carbocycles. The maximum atomic E-state index is 12.4. The van der Waals surface area contributed by atoms with Crippen molar-refractivity contribution in [2.45, 2.75) is 6.54 Å². The summed E-state index contributed by atoms with van der Waals surface area (Å²) in [6.07, 6.45) is 1.62. The van der Waals surface area contributed by atoms with Crippen molar-refractivity contribution in [1.82, 2.24) is 9.30 Å². The van der Waals surface area contributed by atoms with Crippen LogP contribution in [-0.2, 0) is 6.54 Å². The molecule has 7 heteroatoms. The van der Waals surface area contributed by atoms with Crippen molar-refractivity contribution in [3.8, 4) is 0 Å². The first-order chi connectivity index (χ1) is 13.5. The van der Waals surface area contributed by atoms with E-state index in [4.69, 9.17) is 5.73 Å². The number of carboxylic acid groups (broad SMARTS) is 1. The van der Waals surface area contributed by atoms with E-state index >= 15 is 0 Å². The molecule has 1 aliphatic heterocycles. The number of nitrogens with two attached hydrogens (primary N) is 1. The minimum absolute atomic E-state index is 0.195. The number of hydrogen-bond donors (Lipinski definition) is 2. The zero-order valence-corrected chi connectivity index (χ0v) is 15.4. The van der Waals surface area contributed by atoms with Crippen molar-refractivity contribution < 1.29 is 9.90 Å². The molecule has 0 radical (unpaired) electrons. The number of rotatable bonds is 4. The Morgan fingerprint density at radius 3 is 2.43 bits per heavy atom. The predicted molar refractivity (Wildman–Crippen MR) is 109 cm³/mol. The largest absolute Gasteiger partial charge is 0.477 e. The Bertz CT molecular complexity index is 1070. The minimum Gasteiger partial charge on any atom is -0.477 e. The monoisotopic (exact) mass is 378 g/mol. The van der Waals surface area contributed by atoms with Gasteiger partial charge >= 0.3 is 5.97 Å². The number of aromatic carboxylic acids is 1. The molecule has 0 amide bonds. The summed E-state index contributed by atoms with van der Waals surface area (Å²) in [5, 5.41) is 9.39. The molecule has 1 fully saturated rings. The van der Waals surface area contributed by atoms with Gasteiger partial charge in [-0.1, -0.05) is 6.07 Å². The lowest BCUT2D eigenvalue weighted by molar-refractivity contribution is 0.0694. The highest BCUT2D eigenvalue weighted by Crippen LogP contribution is 2.20. The van der Waals surface area contributed by atoms with Crippen molar-refractivity contribution in [2.75, 3.05) is 36.8 Å². The predicted octanol–water partition coefficient (Wildman–Crippen LogP) is 1.90. The smallest absolute Gasteiger partial charge is 0.341 e. The van der Waals surface area contributed by atoms with Crippen LogP contribution in [0.25, 0.3) is 5.52 Å². The second kappa shape index (κ2) is 7.36. The van der Waals surface area contributed by atoms with Gasteiger partial charge in [0.2, 0.25) is 0 Å². The van der Waals surface area contributed by atoms with Crippen LogP contribution >= 0.6 is 0 Å². The first-order valence-electron chi connectivity index (χ1n) is 9.22. The second-order valence-corrected chi connectivity index (χ2v) is 7.00. The van der Waals surface area contributed by atoms with Crippen LogP contribution < -0.4 is 16.2 Å². The third kappa shape index (κ3) is 3.44. The Kier molecular flexibility index (Phi) is 4.75. The fourth-order valence-corrected chi connectivity index (χ4v) is 3.69. The lowest BCUT2D eigenvalue weighted by atomic mass is 10.1. The Hall–Kier alpha value is -3.32. The van der Waals surface area contributed by atoms with E-state index < -0.39 is 11.5 Å². The summed E-state index contributed by atoms with van der Waals surface area (Å²) in [6.45, 7) is 4.06. The van der Waals surface area contributed by atoms with Crippen molar-refractivity contribution in [1.29, 1.82) is 0 Å². The highest BCUT2D eigenvalue weighted by atomic mass is 16.4. The molecule has 144 valence electrons. The number of aromatic nitrogens is 1. The average molecular weight is 378 g/mol. The van der Waals surface area contributed by atoms with E-state index in [2.05, 4.69) is 9.80 Å². The van der Waals surface area contributed by atoms with Crippen LogP contribution in [0, 0.1) is 0 Å². The summed E-state index contributed by atoms with van der Waals surface area (Å²) in [6, 6.07) is 14.8. The third-order valence-electron chi connectivity index (χ3n) is 5.21. The molecule has 1 aromatic carbocycles. The first-order valence-corrected chi connectivity index (χ1v) is 9.22. The zero-order valence-electron chi connectivity index (χ0n) is 15.4. The van der Waals surface area contributed by atoms with Crippen molar-refractivity contribution >= 4 is 22.9 Å². The van der Waals surface area contributed by atoms with Gasteiger partial charge < -0.3 is 15.7 Å². The third-order valence-corrected chi connectivity index (χ3v) is 5.21. The summed E-state index contributed by atoms with van der Waals surface area (Å²) in [5.41, 5.74) is 8.56. The van der Waals surface area contributed by atoms with E-state index in [1.807, 2.05) is 36.4 Å². The molecular formula is C21H22N4O3. The molecule has 4 rings (SSSR count). The average Bonchev–Trinajstić information content (AvgIpc) is 2.71. The highest BCUT2D eigenvalue weighted by molar-refractivity contribution is 5.88. The molecule has 3 N–H and O–H groups in total. The van der Waals surface area contributed by atoms with E-state index in [1.165, 1.54) is 10.5 Å². The van der Waals surface area contributed by atoms with Gasteiger partial charge in [-0.3, -0.25) is 14.1 Å². The number of nitrogens with zero attached hydrogens (tertiary/aromatic N) is 3. The number of hydrogen-bond acceptors (Lipinski definition) is 5. The van der Waals surface area contributed by atoms with Gasteiger partial charge in [0.25, 0.3) is 5.56 Å². The lowest BCUT2D eigenvalue weighted by Crippen LogP contribution is -2.46. The summed E-state index contributed by atoms with van der Waals surface area (Å²) in [5.74, 6) is -1.20. The number of carbonyl (C=O) groups is 1. The van der Waals surface area contributed by atoms with Crippen LogP contribution in [0.5, 0.6) is 0 Å². The Labute approximate surface area is 162 Å². The zero-order chi connectivity index (χ0) is 19.7. The van der Waals surface area contributed by atoms with Crippen molar-refractivity contribution in [3.05, 3.63) is 76.2 Å². The number of anilines is 2. The summed E-state index contributed by atoms with van der Waals surface area (Å²) in [4.78, 5) is 28.5. The van der Waals surface area contributed by atoms with Crippen LogP contribution in [0.15, 0.2) is 59.5 Å². The van der Waals surface area contributed by atoms with Gasteiger partial charge in [0.1, 0.15) is 5.56 Å². The number of carboxylic acids is 1. The lowest BCUT2D eigenvalue weighted by Gasteiger charge is -2.36. The van der Waals surface area contributed by atoms with E-state index in [0.717, 1.165) is 48.6 Å². The van der Waals surface area contributed by atoms with Gasteiger partial charge in [-0.25, -0.2) is 4.79 Å². The van der Waals surface area contributed by atoms with Gasteiger partial charge in [-0.05, 0) is 48.0 Å². The Morgan fingerprint density at radius 1 is 1.04 bits per heavy atom. The molecule has 0 bridgehead atoms. The number of nitrogen functional groups attached to an aromatic ring is 1. The van der Waals surface area contributed by atoms with Gasteiger partial charge in [0.15, 0.2) is 0 Å². The molecule has 0 aliphatic carbocycles. The fourth-order valence-electron chi connectivity index (χ4n) is 3.69. The summed E-state index contributed by atoms with van der Waals surface area (Å²) >= 11 is 0. The van der Waals surface area contributed by atoms with Crippen LogP contribution in [0.1, 0.15) is 15.9 Å². The van der Waals surface area contributed by atoms with Crippen molar-refractivity contribution in [2.24, 2.45) is 0 Å². The number of piperazine rings is 1. The number of pyridine rings is 2. The quantitative estimate of drug-likeness (QED) is 0.674. The van der Waals surface area contributed by atoms with Gasteiger partial charge in [0.05, 0.1) is 5.52 Å². The van der Waals surface area contributed by atoms with Crippen LogP contribution in [0.4, 0.5) is 11.4 Å². The molecule has 0 atom stereocenters. The summed E-state index contributed by atoms with van der Waals surface area (Å²) in [7, 11) is 0. The van der Waals surface area contributed by atoms with Gasteiger partial charge in [0, 0.05) is 50.3 Å². The molecule has 28 heavy (non-hydrogen) atoms. The topological polar surface area (TPSA) is 91.3 Å². The minimum atomic E-state index is -1.20. The van der Waals surface area contributed by atoms with E-state index in [1.54, 1.807) is 12.3 Å². The van der Waals surface area contributed by atoms with E-state index in [0.29, 0.717) is 6.54 Å². The van der Waals surface area contributed by atoms with Crippen LogP contribution in [-0.4, -0.2) is 46.6 Å². The van der Waals surface area contributed by atoms with Crippen LogP contribution in [0.2, 0.25) is 0 Å². The van der Waals surface area contributed by atoms with E-state index in [-0.39, 0.29) is 5.56 Å². The molecule has 3 heterocycles. The maximum absolute atomic E-state index is 12.4. The number of benzene rings is 1. The first kappa shape index (κ1) is 18.1. The number of fused-ring (bicyclic) bond motifs is 1. The fraction of sp³-hybridized carbons (Fsp3) is 0.238. The molecule has 3 aromatic rings. The highest BCUT2D eigenvalue weighted by Gasteiger charge is 2.20. The van der Waals surface area contributed by atoms with Crippen molar-refractivity contribution in [3.63, 3.8) is 0 Å². The van der Waals surface area contributed by atoms with E-state index in [9.17, 15) is 14.7 Å². The molecule has 0 spiro atoms. The van der Waals surface area contributed by atoms with Crippen LogP contribution in [0.3, 0.4) is 0 Å². The van der Waals surface area contributed by atoms with Gasteiger partial charge in [-0.2, -0.15) is 0 Å². The molecule has 0 unspecified atom stereocenters. The molecule has 1 aliphatic rings. The maximum Gasteiger partial charge on any atom is 0.341 e. The summed E-state index contributed by atoms with van der Waals surface area (Å²) < 4.78 is 1.42. The normalized spacial score (nSPS) is 15.1. The molecular weight excluding hydrogens is 356 g/mol. The Balaban J connectivity index is 1.54. The molecule has 1 saturated heterocycles. The second-order valence-electron chi connectivity index (χ2n) is 7.00. The molecule has 7 nitrogen and oxygen atoms in total. The Morgan fingerprint density at radius 2 is 1.75 bits per heavy atom. The molecule has 2 aromatic heterocycles. The standard InChI is InChI=1S/C21H22N4O3/c22-16-4-6-17(7-5-16)24-11-9-23(10-12-24)14-15-13-18(21(27)28)20(26)25-8-2-1-3-19(15)25/h1-8,13H,9-12,14,22H2,(H,27,28). The van der Waals surface area contributed by atoms with Gasteiger partial charge in [-0.15, -0.1) is 0 Å².